The van der Waals surface area contributed by atoms with Crippen molar-refractivity contribution in [1.82, 2.24) is 14.9 Å². The molecule has 0 bridgehead atoms. The largest absolute Gasteiger partial charge is 0.341 e. The Balaban J connectivity index is 1.55. The summed E-state index contributed by atoms with van der Waals surface area (Å²) in [6.07, 6.45) is 1.39. The lowest BCUT2D eigenvalue weighted by Crippen LogP contribution is -2.28. The number of urea groups is 1. The van der Waals surface area contributed by atoms with E-state index in [0.717, 1.165) is 10.4 Å². The Hall–Kier alpha value is -3.50. The summed E-state index contributed by atoms with van der Waals surface area (Å²) in [4.78, 5) is 42.9. The lowest BCUT2D eigenvalue weighted by atomic mass is 10.2. The van der Waals surface area contributed by atoms with Crippen LogP contribution in [0.2, 0.25) is 0 Å². The van der Waals surface area contributed by atoms with Gasteiger partial charge in [-0.15, -0.1) is 22.7 Å². The number of aromatic nitrogens is 2. The lowest BCUT2D eigenvalue weighted by molar-refractivity contribution is -0.116. The molecule has 0 aliphatic heterocycles. The SMILES string of the molecule is CNC(=O)Nc1cccc(NC(=O)Cn2cnc3scc(-c4cccs4)c3c2=O)c1. The van der Waals surface area contributed by atoms with Crippen LogP contribution in [0.15, 0.2) is 58.3 Å². The van der Waals surface area contributed by atoms with E-state index in [2.05, 4.69) is 20.9 Å². The highest BCUT2D eigenvalue weighted by Gasteiger charge is 2.15. The first kappa shape index (κ1) is 19.8. The van der Waals surface area contributed by atoms with Gasteiger partial charge in [0, 0.05) is 34.2 Å². The highest BCUT2D eigenvalue weighted by molar-refractivity contribution is 7.18. The summed E-state index contributed by atoms with van der Waals surface area (Å²) in [5, 5.41) is 12.2. The van der Waals surface area contributed by atoms with Gasteiger partial charge >= 0.3 is 6.03 Å². The van der Waals surface area contributed by atoms with Crippen molar-refractivity contribution in [1.29, 1.82) is 0 Å². The van der Waals surface area contributed by atoms with E-state index in [-0.39, 0.29) is 24.0 Å². The van der Waals surface area contributed by atoms with Crippen LogP contribution in [0.3, 0.4) is 0 Å². The van der Waals surface area contributed by atoms with Gasteiger partial charge in [-0.1, -0.05) is 12.1 Å². The number of anilines is 2. The van der Waals surface area contributed by atoms with E-state index in [0.29, 0.717) is 21.6 Å². The van der Waals surface area contributed by atoms with Gasteiger partial charge in [-0.2, -0.15) is 0 Å². The van der Waals surface area contributed by atoms with Crippen LogP contribution in [0.1, 0.15) is 0 Å². The van der Waals surface area contributed by atoms with Crippen LogP contribution < -0.4 is 21.5 Å². The monoisotopic (exact) mass is 439 g/mol. The minimum Gasteiger partial charge on any atom is -0.341 e. The van der Waals surface area contributed by atoms with Crippen LogP contribution >= 0.6 is 22.7 Å². The first-order valence-electron chi connectivity index (χ1n) is 8.94. The molecule has 3 amide bonds. The van der Waals surface area contributed by atoms with Gasteiger partial charge in [0.15, 0.2) is 0 Å². The van der Waals surface area contributed by atoms with Crippen LogP contribution in [0.5, 0.6) is 0 Å². The van der Waals surface area contributed by atoms with E-state index in [4.69, 9.17) is 0 Å². The molecular weight excluding hydrogens is 422 g/mol. The number of nitrogens with zero attached hydrogens (tertiary/aromatic N) is 2. The Morgan fingerprint density at radius 1 is 1.10 bits per heavy atom. The molecule has 3 aromatic heterocycles. The third-order valence-corrected chi connectivity index (χ3v) is 6.08. The van der Waals surface area contributed by atoms with Crippen molar-refractivity contribution in [2.75, 3.05) is 17.7 Å². The van der Waals surface area contributed by atoms with Crippen LogP contribution in [0.4, 0.5) is 16.2 Å². The molecule has 0 saturated heterocycles. The highest BCUT2D eigenvalue weighted by Crippen LogP contribution is 2.33. The molecule has 0 aliphatic carbocycles. The molecule has 3 heterocycles. The zero-order chi connectivity index (χ0) is 21.1. The van der Waals surface area contributed by atoms with Crippen molar-refractivity contribution in [3.05, 3.63) is 63.8 Å². The van der Waals surface area contributed by atoms with Crippen LogP contribution in [-0.2, 0) is 11.3 Å². The average Bonchev–Trinajstić information content (AvgIpc) is 3.40. The molecule has 1 aromatic carbocycles. The predicted octanol–water partition coefficient (Wildman–Crippen LogP) is 3.58. The van der Waals surface area contributed by atoms with E-state index >= 15 is 0 Å². The van der Waals surface area contributed by atoms with Crippen molar-refractivity contribution >= 4 is 56.2 Å². The van der Waals surface area contributed by atoms with Crippen molar-refractivity contribution in [2.45, 2.75) is 6.54 Å². The third kappa shape index (κ3) is 4.09. The number of nitrogens with one attached hydrogen (secondary N) is 3. The van der Waals surface area contributed by atoms with Gasteiger partial charge < -0.3 is 16.0 Å². The molecule has 30 heavy (non-hydrogen) atoms. The number of hydrogen-bond acceptors (Lipinski definition) is 6. The maximum absolute atomic E-state index is 13.0. The van der Waals surface area contributed by atoms with E-state index in [1.165, 1.54) is 29.3 Å². The minimum atomic E-state index is -0.372. The number of carbonyl (C=O) groups excluding carboxylic acids is 2. The molecule has 152 valence electrons. The summed E-state index contributed by atoms with van der Waals surface area (Å²) in [5.74, 6) is -0.372. The summed E-state index contributed by atoms with van der Waals surface area (Å²) < 4.78 is 1.30. The zero-order valence-corrected chi connectivity index (χ0v) is 17.5. The molecule has 4 rings (SSSR count). The number of amides is 3. The fraction of sp³-hybridized carbons (Fsp3) is 0.100. The Morgan fingerprint density at radius 3 is 2.63 bits per heavy atom. The topological polar surface area (TPSA) is 105 Å². The summed E-state index contributed by atoms with van der Waals surface area (Å²) >= 11 is 2.96. The second kappa shape index (κ2) is 8.47. The van der Waals surface area contributed by atoms with Crippen molar-refractivity contribution < 1.29 is 9.59 Å². The first-order chi connectivity index (χ1) is 14.5. The van der Waals surface area contributed by atoms with Crippen molar-refractivity contribution in [2.24, 2.45) is 0 Å². The zero-order valence-electron chi connectivity index (χ0n) is 15.8. The summed E-state index contributed by atoms with van der Waals surface area (Å²) in [7, 11) is 1.51. The Kier molecular flexibility index (Phi) is 5.59. The number of fused-ring (bicyclic) bond motifs is 1. The van der Waals surface area contributed by atoms with E-state index in [1.54, 1.807) is 35.6 Å². The van der Waals surface area contributed by atoms with E-state index in [9.17, 15) is 14.4 Å². The van der Waals surface area contributed by atoms with Crippen LogP contribution in [0.25, 0.3) is 20.7 Å². The summed E-state index contributed by atoms with van der Waals surface area (Å²) in [6.45, 7) is -0.172. The van der Waals surface area contributed by atoms with Gasteiger partial charge in [-0.25, -0.2) is 9.78 Å². The van der Waals surface area contributed by atoms with Gasteiger partial charge in [-0.05, 0) is 29.6 Å². The van der Waals surface area contributed by atoms with Crippen molar-refractivity contribution in [3.8, 4) is 10.4 Å². The molecule has 0 fully saturated rings. The number of hydrogen-bond donors (Lipinski definition) is 3. The fourth-order valence-electron chi connectivity index (χ4n) is 2.92. The standard InChI is InChI=1S/C20H17N5O3S2/c1-21-20(28)24-13-5-2-4-12(8-13)23-16(26)9-25-11-22-18-17(19(25)27)14(10-30-18)15-6-3-7-29-15/h2-8,10-11H,9H2,1H3,(H,23,26)(H2,21,24,28). The maximum Gasteiger partial charge on any atom is 0.318 e. The maximum atomic E-state index is 13.0. The molecule has 0 atom stereocenters. The molecule has 4 aromatic rings. The minimum absolute atomic E-state index is 0.172. The van der Waals surface area contributed by atoms with E-state index in [1.807, 2.05) is 22.9 Å². The molecule has 0 saturated carbocycles. The van der Waals surface area contributed by atoms with Crippen LogP contribution in [-0.4, -0.2) is 28.5 Å². The van der Waals surface area contributed by atoms with Gasteiger partial charge in [0.05, 0.1) is 11.7 Å². The molecule has 10 heteroatoms. The normalized spacial score (nSPS) is 10.7. The molecular formula is C20H17N5O3S2. The Labute approximate surface area is 179 Å². The highest BCUT2D eigenvalue weighted by atomic mass is 32.1. The number of carbonyl (C=O) groups is 2. The van der Waals surface area contributed by atoms with Gasteiger partial charge in [-0.3, -0.25) is 14.2 Å². The fourth-order valence-corrected chi connectivity index (χ4v) is 4.64. The summed E-state index contributed by atoms with van der Waals surface area (Å²) in [6, 6.07) is 10.3. The molecule has 0 unspecified atom stereocenters. The molecule has 8 nitrogen and oxygen atoms in total. The van der Waals surface area contributed by atoms with Crippen LogP contribution in [0, 0.1) is 0 Å². The summed E-state index contributed by atoms with van der Waals surface area (Å²) in [5.41, 5.74) is 1.62. The van der Waals surface area contributed by atoms with Gasteiger partial charge in [0.25, 0.3) is 5.56 Å². The third-order valence-electron chi connectivity index (χ3n) is 4.29. The van der Waals surface area contributed by atoms with Crippen molar-refractivity contribution in [3.63, 3.8) is 0 Å². The quantitative estimate of drug-likeness (QED) is 0.442. The van der Waals surface area contributed by atoms with Gasteiger partial charge in [0.1, 0.15) is 11.4 Å². The molecule has 3 N–H and O–H groups in total. The lowest BCUT2D eigenvalue weighted by Gasteiger charge is -2.10. The number of rotatable bonds is 5. The number of benzene rings is 1. The Bertz CT molecular complexity index is 1280. The Morgan fingerprint density at radius 2 is 1.90 bits per heavy atom. The smallest absolute Gasteiger partial charge is 0.318 e. The van der Waals surface area contributed by atoms with Gasteiger partial charge in [0.2, 0.25) is 5.91 Å². The second-order valence-electron chi connectivity index (χ2n) is 6.32. The predicted molar refractivity (Wildman–Crippen MR) is 120 cm³/mol. The molecule has 0 radical (unpaired) electrons. The second-order valence-corrected chi connectivity index (χ2v) is 8.12. The average molecular weight is 440 g/mol. The van der Waals surface area contributed by atoms with E-state index < -0.39 is 0 Å². The molecule has 0 aliphatic rings. The molecule has 0 spiro atoms. The first-order valence-corrected chi connectivity index (χ1v) is 10.7. The number of thiophene rings is 2.